The van der Waals surface area contributed by atoms with Gasteiger partial charge in [0, 0.05) is 11.3 Å². The molecule has 0 radical (unpaired) electrons. The fourth-order valence-corrected chi connectivity index (χ4v) is 4.27. The molecule has 4 atom stereocenters. The number of thioether (sulfide) groups is 1. The van der Waals surface area contributed by atoms with Crippen LogP contribution in [0, 0.1) is 11.8 Å². The lowest BCUT2D eigenvalue weighted by Crippen LogP contribution is -2.50. The van der Waals surface area contributed by atoms with Crippen molar-refractivity contribution in [2.45, 2.75) is 56.7 Å². The van der Waals surface area contributed by atoms with Gasteiger partial charge in [0.2, 0.25) is 5.91 Å². The summed E-state index contributed by atoms with van der Waals surface area (Å²) in [4.78, 5) is 23.1. The summed E-state index contributed by atoms with van der Waals surface area (Å²) in [6, 6.07) is 0.237. The largest absolute Gasteiger partial charge is 0.481 e. The maximum atomic E-state index is 12.2. The molecular weight excluding hydrogens is 262 g/mol. The molecule has 2 fully saturated rings. The Hall–Kier alpha value is -0.710. The van der Waals surface area contributed by atoms with Gasteiger partial charge in [0.15, 0.2) is 0 Å². The van der Waals surface area contributed by atoms with Crippen LogP contribution in [0.2, 0.25) is 0 Å². The molecule has 0 spiro atoms. The van der Waals surface area contributed by atoms with Crippen LogP contribution in [-0.4, -0.2) is 34.0 Å². The minimum atomic E-state index is -0.825. The molecule has 19 heavy (non-hydrogen) atoms. The molecule has 0 aromatic carbocycles. The zero-order valence-electron chi connectivity index (χ0n) is 11.4. The van der Waals surface area contributed by atoms with Gasteiger partial charge in [-0.05, 0) is 31.4 Å². The minimum Gasteiger partial charge on any atom is -0.481 e. The summed E-state index contributed by atoms with van der Waals surface area (Å²) in [5.41, 5.74) is 0. The lowest BCUT2D eigenvalue weighted by Gasteiger charge is -2.36. The average Bonchev–Trinajstić information content (AvgIpc) is 2.29. The Morgan fingerprint density at radius 2 is 1.84 bits per heavy atom. The molecule has 0 saturated heterocycles. The van der Waals surface area contributed by atoms with E-state index in [4.69, 9.17) is 5.11 Å². The molecule has 4 nitrogen and oxygen atoms in total. The lowest BCUT2D eigenvalue weighted by molar-refractivity contribution is -0.153. The monoisotopic (exact) mass is 285 g/mol. The SMILES string of the molecule is CCSC1CCCCC1NC(=O)C1CCC1C(=O)O. The number of hydrogen-bond donors (Lipinski definition) is 2. The van der Waals surface area contributed by atoms with Crippen LogP contribution in [-0.2, 0) is 9.59 Å². The number of nitrogens with one attached hydrogen (secondary N) is 1. The first-order chi connectivity index (χ1) is 9.13. The van der Waals surface area contributed by atoms with Gasteiger partial charge in [0.05, 0.1) is 11.8 Å². The summed E-state index contributed by atoms with van der Waals surface area (Å²) in [7, 11) is 0. The van der Waals surface area contributed by atoms with Crippen molar-refractivity contribution in [2.24, 2.45) is 11.8 Å². The van der Waals surface area contributed by atoms with E-state index in [-0.39, 0.29) is 17.9 Å². The third-order valence-corrected chi connectivity index (χ3v) is 5.67. The predicted octanol–water partition coefficient (Wildman–Crippen LogP) is 2.28. The maximum Gasteiger partial charge on any atom is 0.307 e. The number of hydrogen-bond acceptors (Lipinski definition) is 3. The molecule has 1 amide bonds. The lowest BCUT2D eigenvalue weighted by atomic mass is 9.73. The number of rotatable bonds is 5. The van der Waals surface area contributed by atoms with E-state index in [9.17, 15) is 9.59 Å². The van der Waals surface area contributed by atoms with Gasteiger partial charge < -0.3 is 10.4 Å². The molecule has 0 aromatic rings. The highest BCUT2D eigenvalue weighted by Gasteiger charge is 2.42. The van der Waals surface area contributed by atoms with Crippen LogP contribution >= 0.6 is 11.8 Å². The molecule has 2 aliphatic carbocycles. The Kier molecular flexibility index (Phi) is 5.13. The van der Waals surface area contributed by atoms with E-state index in [1.165, 1.54) is 12.8 Å². The first kappa shape index (κ1) is 14.7. The van der Waals surface area contributed by atoms with Crippen LogP contribution in [0.3, 0.4) is 0 Å². The molecule has 0 bridgehead atoms. The van der Waals surface area contributed by atoms with Crippen LogP contribution in [0.1, 0.15) is 45.4 Å². The zero-order valence-corrected chi connectivity index (χ0v) is 12.2. The highest BCUT2D eigenvalue weighted by Crippen LogP contribution is 2.35. The van der Waals surface area contributed by atoms with Gasteiger partial charge in [0.1, 0.15) is 0 Å². The van der Waals surface area contributed by atoms with Crippen molar-refractivity contribution in [1.29, 1.82) is 0 Å². The quantitative estimate of drug-likeness (QED) is 0.813. The van der Waals surface area contributed by atoms with E-state index in [1.54, 1.807) is 0 Å². The molecule has 5 heteroatoms. The number of carboxylic acid groups (broad SMARTS) is 1. The minimum absolute atomic E-state index is 0.0350. The third-order valence-electron chi connectivity index (χ3n) is 4.34. The summed E-state index contributed by atoms with van der Waals surface area (Å²) in [5.74, 6) is -0.549. The summed E-state index contributed by atoms with van der Waals surface area (Å²) in [6.07, 6.45) is 5.97. The standard InChI is InChI=1S/C14H23NO3S/c1-2-19-12-6-4-3-5-11(12)15-13(16)9-7-8-10(9)14(17)18/h9-12H,2-8H2,1H3,(H,15,16)(H,17,18). The van der Waals surface area contributed by atoms with Crippen molar-refractivity contribution in [3.05, 3.63) is 0 Å². The maximum absolute atomic E-state index is 12.2. The second-order valence-corrected chi connectivity index (χ2v) is 7.04. The van der Waals surface area contributed by atoms with Crippen LogP contribution in [0.25, 0.3) is 0 Å². The van der Waals surface area contributed by atoms with E-state index in [1.807, 2.05) is 11.8 Å². The van der Waals surface area contributed by atoms with E-state index >= 15 is 0 Å². The van der Waals surface area contributed by atoms with Gasteiger partial charge in [-0.1, -0.05) is 19.8 Å². The van der Waals surface area contributed by atoms with E-state index in [0.29, 0.717) is 11.7 Å². The highest BCUT2D eigenvalue weighted by atomic mass is 32.2. The fourth-order valence-electron chi connectivity index (χ4n) is 3.07. The van der Waals surface area contributed by atoms with Crippen molar-refractivity contribution in [2.75, 3.05) is 5.75 Å². The van der Waals surface area contributed by atoms with Crippen LogP contribution in [0.4, 0.5) is 0 Å². The van der Waals surface area contributed by atoms with Crippen LogP contribution < -0.4 is 5.32 Å². The van der Waals surface area contributed by atoms with E-state index in [2.05, 4.69) is 12.2 Å². The highest BCUT2D eigenvalue weighted by molar-refractivity contribution is 7.99. The first-order valence-electron chi connectivity index (χ1n) is 7.28. The molecular formula is C14H23NO3S. The molecule has 0 heterocycles. The number of carbonyl (C=O) groups is 2. The predicted molar refractivity (Wildman–Crippen MR) is 76.2 cm³/mol. The van der Waals surface area contributed by atoms with Crippen molar-refractivity contribution >= 4 is 23.6 Å². The van der Waals surface area contributed by atoms with Gasteiger partial charge in [-0.25, -0.2) is 0 Å². The summed E-state index contributed by atoms with van der Waals surface area (Å²) >= 11 is 1.92. The summed E-state index contributed by atoms with van der Waals surface area (Å²) in [6.45, 7) is 2.14. The summed E-state index contributed by atoms with van der Waals surface area (Å²) < 4.78 is 0. The molecule has 2 saturated carbocycles. The number of carboxylic acids is 1. The third kappa shape index (κ3) is 3.44. The molecule has 2 N–H and O–H groups in total. The van der Waals surface area contributed by atoms with Crippen LogP contribution in [0.15, 0.2) is 0 Å². The Morgan fingerprint density at radius 3 is 2.42 bits per heavy atom. The van der Waals surface area contributed by atoms with Crippen molar-refractivity contribution in [3.8, 4) is 0 Å². The Morgan fingerprint density at radius 1 is 1.16 bits per heavy atom. The molecule has 0 aliphatic heterocycles. The van der Waals surface area contributed by atoms with Crippen molar-refractivity contribution in [1.82, 2.24) is 5.32 Å². The molecule has 2 aliphatic rings. The van der Waals surface area contributed by atoms with Gasteiger partial charge in [-0.3, -0.25) is 9.59 Å². The zero-order chi connectivity index (χ0) is 13.8. The number of aliphatic carboxylic acids is 1. The van der Waals surface area contributed by atoms with Gasteiger partial charge in [-0.2, -0.15) is 11.8 Å². The smallest absolute Gasteiger partial charge is 0.307 e. The fraction of sp³-hybridized carbons (Fsp3) is 0.857. The normalized spacial score (nSPS) is 34.4. The Balaban J connectivity index is 1.88. The Bertz CT molecular complexity index is 346. The molecule has 4 unspecified atom stereocenters. The number of amides is 1. The molecule has 108 valence electrons. The van der Waals surface area contributed by atoms with Gasteiger partial charge in [0.25, 0.3) is 0 Å². The van der Waals surface area contributed by atoms with Crippen LogP contribution in [0.5, 0.6) is 0 Å². The van der Waals surface area contributed by atoms with E-state index < -0.39 is 11.9 Å². The Labute approximate surface area is 118 Å². The van der Waals surface area contributed by atoms with E-state index in [0.717, 1.165) is 25.0 Å². The second-order valence-electron chi connectivity index (χ2n) is 5.52. The van der Waals surface area contributed by atoms with Gasteiger partial charge in [-0.15, -0.1) is 0 Å². The summed E-state index contributed by atoms with van der Waals surface area (Å²) in [5, 5.41) is 12.6. The number of carbonyl (C=O) groups excluding carboxylic acids is 1. The molecule has 2 rings (SSSR count). The first-order valence-corrected chi connectivity index (χ1v) is 8.33. The molecule has 0 aromatic heterocycles. The van der Waals surface area contributed by atoms with Gasteiger partial charge >= 0.3 is 5.97 Å². The second kappa shape index (κ2) is 6.64. The van der Waals surface area contributed by atoms with Crippen molar-refractivity contribution in [3.63, 3.8) is 0 Å². The van der Waals surface area contributed by atoms with Crippen molar-refractivity contribution < 1.29 is 14.7 Å². The topological polar surface area (TPSA) is 66.4 Å². The average molecular weight is 285 g/mol.